The summed E-state index contributed by atoms with van der Waals surface area (Å²) in [5.41, 5.74) is 0.818. The minimum atomic E-state index is 0.0423. The number of hydrogen-bond acceptors (Lipinski definition) is 3. The molecular weight excluding hydrogens is 323 g/mol. The molecule has 1 aliphatic heterocycles. The number of nitrogens with zero attached hydrogens (tertiary/aromatic N) is 3. The van der Waals surface area contributed by atoms with Gasteiger partial charge in [0.1, 0.15) is 0 Å². The average Bonchev–Trinajstić information content (AvgIpc) is 3.32. The van der Waals surface area contributed by atoms with E-state index in [0.717, 1.165) is 38.3 Å². The van der Waals surface area contributed by atoms with Crippen molar-refractivity contribution in [3.8, 4) is 0 Å². The molecule has 1 aromatic rings. The number of pyridine rings is 1. The summed E-state index contributed by atoms with van der Waals surface area (Å²) in [4.78, 5) is 20.2. The van der Waals surface area contributed by atoms with Gasteiger partial charge in [-0.25, -0.2) is 4.79 Å². The van der Waals surface area contributed by atoms with Crippen LogP contribution in [0.1, 0.15) is 19.3 Å². The molecule has 3 rings (SSSR count). The van der Waals surface area contributed by atoms with Gasteiger partial charge in [0, 0.05) is 45.1 Å². The fourth-order valence-corrected chi connectivity index (χ4v) is 3.32. The lowest BCUT2D eigenvalue weighted by atomic mass is 10.3. The van der Waals surface area contributed by atoms with Crippen LogP contribution in [0.15, 0.2) is 12.4 Å². The van der Waals surface area contributed by atoms with Crippen LogP contribution >= 0.6 is 23.2 Å². The second-order valence-corrected chi connectivity index (χ2v) is 6.72. The Hall–Kier alpha value is -1.20. The molecule has 2 aliphatic rings. The maximum Gasteiger partial charge on any atom is 0.317 e. The monoisotopic (exact) mass is 342 g/mol. The fraction of sp³-hybridized carbons (Fsp3) is 0.600. The van der Waals surface area contributed by atoms with Crippen LogP contribution in [0.4, 0.5) is 10.5 Å². The fourth-order valence-electron chi connectivity index (χ4n) is 2.72. The number of hydrogen-bond donors (Lipinski definition) is 1. The smallest absolute Gasteiger partial charge is 0.317 e. The second-order valence-electron chi connectivity index (χ2n) is 5.91. The minimum absolute atomic E-state index is 0.0423. The number of nitrogens with one attached hydrogen (secondary N) is 1. The number of aromatic nitrogens is 1. The van der Waals surface area contributed by atoms with E-state index in [4.69, 9.17) is 23.2 Å². The second kappa shape index (κ2) is 6.92. The van der Waals surface area contributed by atoms with Crippen molar-refractivity contribution in [2.24, 2.45) is 5.92 Å². The van der Waals surface area contributed by atoms with Crippen molar-refractivity contribution in [1.82, 2.24) is 15.2 Å². The van der Waals surface area contributed by atoms with Crippen molar-refractivity contribution in [2.75, 3.05) is 37.6 Å². The third-order valence-corrected chi connectivity index (χ3v) is 4.72. The molecule has 1 aromatic heterocycles. The molecule has 0 radical (unpaired) electrons. The van der Waals surface area contributed by atoms with Crippen molar-refractivity contribution in [3.63, 3.8) is 0 Å². The molecule has 1 saturated carbocycles. The molecule has 0 atom stereocenters. The molecular formula is C15H20Cl2N4O. The lowest BCUT2D eigenvalue weighted by Crippen LogP contribution is -2.42. The number of urea groups is 1. The Bertz CT molecular complexity index is 530. The highest BCUT2D eigenvalue weighted by Gasteiger charge is 2.25. The van der Waals surface area contributed by atoms with E-state index in [1.807, 2.05) is 4.90 Å². The van der Waals surface area contributed by atoms with Gasteiger partial charge in [-0.15, -0.1) is 0 Å². The van der Waals surface area contributed by atoms with Gasteiger partial charge in [0.25, 0.3) is 0 Å². The summed E-state index contributed by atoms with van der Waals surface area (Å²) in [6.07, 6.45) is 6.59. The maximum absolute atomic E-state index is 12.2. The van der Waals surface area contributed by atoms with Gasteiger partial charge < -0.3 is 15.1 Å². The van der Waals surface area contributed by atoms with Crippen LogP contribution in [0.25, 0.3) is 0 Å². The molecule has 0 aromatic carbocycles. The van der Waals surface area contributed by atoms with Gasteiger partial charge in [0.2, 0.25) is 0 Å². The summed E-state index contributed by atoms with van der Waals surface area (Å²) in [5.74, 6) is 0.696. The first-order chi connectivity index (χ1) is 10.6. The van der Waals surface area contributed by atoms with E-state index in [2.05, 4.69) is 15.2 Å². The molecule has 5 nitrogen and oxygen atoms in total. The van der Waals surface area contributed by atoms with Crippen LogP contribution in [0.2, 0.25) is 10.0 Å². The van der Waals surface area contributed by atoms with Gasteiger partial charge >= 0.3 is 6.03 Å². The van der Waals surface area contributed by atoms with Crippen LogP contribution in [0.5, 0.6) is 0 Å². The van der Waals surface area contributed by atoms with E-state index in [1.54, 1.807) is 12.4 Å². The number of anilines is 1. The zero-order chi connectivity index (χ0) is 15.5. The standard InChI is InChI=1S/C15H20Cl2N4O/c16-12-9-18-10-13(17)14(12)20-4-1-5-21(7-6-20)15(22)19-8-11-2-3-11/h9-11H,1-8H2,(H,19,22). The van der Waals surface area contributed by atoms with Crippen molar-refractivity contribution in [2.45, 2.75) is 19.3 Å². The van der Waals surface area contributed by atoms with E-state index >= 15 is 0 Å². The molecule has 2 heterocycles. The Morgan fingerprint density at radius 1 is 1.18 bits per heavy atom. The Labute approximate surface area is 140 Å². The lowest BCUT2D eigenvalue weighted by Gasteiger charge is -2.25. The van der Waals surface area contributed by atoms with Gasteiger partial charge in [0.15, 0.2) is 0 Å². The quantitative estimate of drug-likeness (QED) is 0.918. The average molecular weight is 343 g/mol. The zero-order valence-corrected chi connectivity index (χ0v) is 13.9. The maximum atomic E-state index is 12.2. The Morgan fingerprint density at radius 2 is 1.91 bits per heavy atom. The van der Waals surface area contributed by atoms with Crippen LogP contribution in [-0.4, -0.2) is 48.6 Å². The third-order valence-electron chi connectivity index (χ3n) is 4.17. The topological polar surface area (TPSA) is 48.5 Å². The van der Waals surface area contributed by atoms with Crippen LogP contribution < -0.4 is 10.2 Å². The largest absolute Gasteiger partial charge is 0.367 e. The Morgan fingerprint density at radius 3 is 2.59 bits per heavy atom. The van der Waals surface area contributed by atoms with Gasteiger partial charge in [-0.05, 0) is 25.2 Å². The minimum Gasteiger partial charge on any atom is -0.367 e. The first-order valence-electron chi connectivity index (χ1n) is 7.72. The van der Waals surface area contributed by atoms with E-state index in [9.17, 15) is 4.79 Å². The number of rotatable bonds is 3. The van der Waals surface area contributed by atoms with Crippen molar-refractivity contribution >= 4 is 34.9 Å². The summed E-state index contributed by atoms with van der Waals surface area (Å²) in [7, 11) is 0. The summed E-state index contributed by atoms with van der Waals surface area (Å²) >= 11 is 12.5. The molecule has 1 saturated heterocycles. The normalized spacial score (nSPS) is 19.0. The van der Waals surface area contributed by atoms with Gasteiger partial charge in [0.05, 0.1) is 15.7 Å². The first-order valence-corrected chi connectivity index (χ1v) is 8.47. The van der Waals surface area contributed by atoms with Crippen molar-refractivity contribution in [1.29, 1.82) is 0 Å². The van der Waals surface area contributed by atoms with Crippen LogP contribution in [-0.2, 0) is 0 Å². The highest BCUT2D eigenvalue weighted by atomic mass is 35.5. The summed E-state index contributed by atoms with van der Waals surface area (Å²) in [6, 6.07) is 0.0423. The lowest BCUT2D eigenvalue weighted by molar-refractivity contribution is 0.201. The predicted molar refractivity (Wildman–Crippen MR) is 88.8 cm³/mol. The van der Waals surface area contributed by atoms with Gasteiger partial charge in [-0.2, -0.15) is 0 Å². The summed E-state index contributed by atoms with van der Waals surface area (Å²) in [5, 5.41) is 4.14. The number of halogens is 2. The van der Waals surface area contributed by atoms with Crippen molar-refractivity contribution < 1.29 is 4.79 Å². The molecule has 0 unspecified atom stereocenters. The molecule has 1 aliphatic carbocycles. The first kappa shape index (κ1) is 15.7. The number of carbonyl (C=O) groups is 1. The van der Waals surface area contributed by atoms with E-state index < -0.39 is 0 Å². The van der Waals surface area contributed by atoms with E-state index in [-0.39, 0.29) is 6.03 Å². The molecule has 120 valence electrons. The zero-order valence-electron chi connectivity index (χ0n) is 12.4. The molecule has 22 heavy (non-hydrogen) atoms. The highest BCUT2D eigenvalue weighted by Crippen LogP contribution is 2.33. The number of amides is 2. The Balaban J connectivity index is 1.60. The van der Waals surface area contributed by atoms with Crippen LogP contribution in [0.3, 0.4) is 0 Å². The van der Waals surface area contributed by atoms with Crippen molar-refractivity contribution in [3.05, 3.63) is 22.4 Å². The van der Waals surface area contributed by atoms with E-state index in [0.29, 0.717) is 22.5 Å². The summed E-state index contributed by atoms with van der Waals surface area (Å²) in [6.45, 7) is 3.79. The van der Waals surface area contributed by atoms with Crippen LogP contribution in [0, 0.1) is 5.92 Å². The molecule has 2 amide bonds. The number of carbonyl (C=O) groups excluding carboxylic acids is 1. The SMILES string of the molecule is O=C(NCC1CC1)N1CCCN(c2c(Cl)cncc2Cl)CC1. The molecule has 0 spiro atoms. The molecule has 2 fully saturated rings. The van der Waals surface area contributed by atoms with E-state index in [1.165, 1.54) is 12.8 Å². The van der Waals surface area contributed by atoms with Gasteiger partial charge in [-0.3, -0.25) is 4.98 Å². The predicted octanol–water partition coefficient (Wildman–Crippen LogP) is 3.02. The summed E-state index contributed by atoms with van der Waals surface area (Å²) < 4.78 is 0. The molecule has 0 bridgehead atoms. The van der Waals surface area contributed by atoms with Gasteiger partial charge in [-0.1, -0.05) is 23.2 Å². The highest BCUT2D eigenvalue weighted by molar-refractivity contribution is 6.38. The Kier molecular flexibility index (Phi) is 4.93. The molecule has 7 heteroatoms. The molecule has 1 N–H and O–H groups in total. The third kappa shape index (κ3) is 3.76.